The molecular weight excluding hydrogens is 875 g/mol. The Hall–Kier alpha value is -6.30. The summed E-state index contributed by atoms with van der Waals surface area (Å²) in [6.07, 6.45) is 9.50. The third-order valence-corrected chi connectivity index (χ3v) is 7.61. The van der Waals surface area contributed by atoms with Crippen molar-refractivity contribution in [3.63, 3.8) is 0 Å². The van der Waals surface area contributed by atoms with Crippen LogP contribution in [0.15, 0.2) is 110 Å². The summed E-state index contributed by atoms with van der Waals surface area (Å²) in [5.74, 6) is -3.06. The molecule has 1 radical (unpaired) electrons. The molecule has 0 N–H and O–H groups in total. The number of aromatic nitrogens is 6. The molecule has 6 heterocycles. The minimum Gasteiger partial charge on any atom is -0.285 e. The van der Waals surface area contributed by atoms with Crippen molar-refractivity contribution in [2.75, 3.05) is 0 Å². The molecule has 23 heteroatoms. The SMILES string of the molecule is O=C1C(=O)c2cccnc2-c2ncccc21.O=C1C(=O)c2cccnc2-c2ncccc21.O=C1C(=O)c2cccnc2-c2ncccc21.[Cu+2].[O-][Cl+3]([O-])([O-])[O-].[O-][Cl+3]([O-])([O-])[O-]. The molecule has 0 saturated heterocycles. The van der Waals surface area contributed by atoms with Gasteiger partial charge < -0.3 is 0 Å². The Kier molecular flexibility index (Phi) is 14.6. The van der Waals surface area contributed by atoms with Gasteiger partial charge in [-0.3, -0.25) is 58.7 Å². The van der Waals surface area contributed by atoms with Gasteiger partial charge in [0.05, 0.1) is 33.4 Å². The molecule has 0 atom stereocenters. The maximum atomic E-state index is 11.8. The van der Waals surface area contributed by atoms with Gasteiger partial charge in [-0.2, -0.15) is 0 Å². The molecule has 3 aliphatic rings. The molecule has 0 aliphatic heterocycles. The molecule has 0 bridgehead atoms. The molecular formula is C36H18Cl2CuN6O14. The molecule has 0 amide bonds. The van der Waals surface area contributed by atoms with Crippen LogP contribution in [-0.2, 0) is 17.1 Å². The number of carbonyl (C=O) groups excluding carboxylic acids is 6. The molecule has 20 nitrogen and oxygen atoms in total. The zero-order valence-corrected chi connectivity index (χ0v) is 31.3. The summed E-state index contributed by atoms with van der Waals surface area (Å²) < 4.78 is 67.9. The van der Waals surface area contributed by atoms with Gasteiger partial charge in [0.2, 0.25) is 34.7 Å². The Morgan fingerprint density at radius 3 is 0.525 bits per heavy atom. The number of ketones is 6. The van der Waals surface area contributed by atoms with Crippen LogP contribution in [0.1, 0.15) is 62.1 Å². The van der Waals surface area contributed by atoms with Crippen LogP contribution in [0.25, 0.3) is 34.2 Å². The maximum absolute atomic E-state index is 11.8. The smallest absolute Gasteiger partial charge is 0.285 e. The van der Waals surface area contributed by atoms with Crippen molar-refractivity contribution in [2.45, 2.75) is 0 Å². The van der Waals surface area contributed by atoms with Gasteiger partial charge in [-0.15, -0.1) is 20.5 Å². The predicted molar refractivity (Wildman–Crippen MR) is 168 cm³/mol. The summed E-state index contributed by atoms with van der Waals surface area (Å²) >= 11 is 0. The summed E-state index contributed by atoms with van der Waals surface area (Å²) in [5.41, 5.74) is 4.92. The first-order chi connectivity index (χ1) is 27.4. The van der Waals surface area contributed by atoms with Gasteiger partial charge in [0, 0.05) is 37.2 Å². The van der Waals surface area contributed by atoms with E-state index in [1.165, 1.54) is 0 Å². The van der Waals surface area contributed by atoms with Gasteiger partial charge in [0.25, 0.3) is 0 Å². The number of carbonyl (C=O) groups is 6. The first kappa shape index (κ1) is 45.4. The van der Waals surface area contributed by atoms with E-state index in [9.17, 15) is 28.8 Å². The molecule has 0 fully saturated rings. The standard InChI is InChI=1S/3C12H6N2O2.2ClHO4.Cu/c3*15-11-7-3-1-5-13-9(7)10-8(12(11)16)4-2-6-14-10;2*2-1(3,4)5;/h3*1-6H;2*(H,2,3,4,5);/q;;;;;+2/p-2. The van der Waals surface area contributed by atoms with Crippen molar-refractivity contribution in [1.29, 1.82) is 0 Å². The van der Waals surface area contributed by atoms with Crippen molar-refractivity contribution in [3.8, 4) is 34.2 Å². The van der Waals surface area contributed by atoms with E-state index in [0.29, 0.717) is 67.5 Å². The Balaban J connectivity index is 0.000000174. The number of Topliss-reactive ketones (excluding diaryl/α,β-unsaturated/α-hetero) is 6. The summed E-state index contributed by atoms with van der Waals surface area (Å²) in [5, 5.41) is 0. The summed E-state index contributed by atoms with van der Waals surface area (Å²) in [7, 11) is -9.89. The minimum atomic E-state index is -4.94. The van der Waals surface area contributed by atoms with E-state index in [4.69, 9.17) is 37.3 Å². The largest absolute Gasteiger partial charge is 2.00 e. The van der Waals surface area contributed by atoms with Gasteiger partial charge >= 0.3 is 17.1 Å². The summed E-state index contributed by atoms with van der Waals surface area (Å²) in [6.45, 7) is 0. The molecule has 0 aromatic carbocycles. The van der Waals surface area contributed by atoms with Crippen molar-refractivity contribution in [3.05, 3.63) is 143 Å². The van der Waals surface area contributed by atoms with Crippen molar-refractivity contribution in [2.24, 2.45) is 0 Å². The third-order valence-electron chi connectivity index (χ3n) is 7.61. The van der Waals surface area contributed by atoms with Gasteiger partial charge in [-0.1, -0.05) is 0 Å². The first-order valence-electron chi connectivity index (χ1n) is 15.6. The maximum Gasteiger partial charge on any atom is 2.00 e. The fraction of sp³-hybridized carbons (Fsp3) is 0. The number of rotatable bonds is 0. The number of nitrogens with zero attached hydrogens (tertiary/aromatic N) is 6. The normalized spacial score (nSPS) is 12.8. The van der Waals surface area contributed by atoms with E-state index in [2.05, 4.69) is 29.9 Å². The van der Waals surface area contributed by atoms with Crippen molar-refractivity contribution in [1.82, 2.24) is 29.9 Å². The number of hydrogen-bond acceptors (Lipinski definition) is 20. The van der Waals surface area contributed by atoms with Gasteiger partial charge in [0.1, 0.15) is 34.2 Å². The Morgan fingerprint density at radius 1 is 0.288 bits per heavy atom. The van der Waals surface area contributed by atoms with Gasteiger partial charge in [-0.25, -0.2) is 37.3 Å². The van der Waals surface area contributed by atoms with Gasteiger partial charge in [0.15, 0.2) is 0 Å². The van der Waals surface area contributed by atoms with E-state index < -0.39 is 55.2 Å². The summed E-state index contributed by atoms with van der Waals surface area (Å²) in [4.78, 5) is 95.2. The molecule has 9 rings (SSSR count). The molecule has 6 aromatic heterocycles. The van der Waals surface area contributed by atoms with Crippen LogP contribution in [0.3, 0.4) is 0 Å². The van der Waals surface area contributed by atoms with Crippen LogP contribution in [0.2, 0.25) is 0 Å². The molecule has 6 aromatic rings. The number of pyridine rings is 6. The summed E-state index contributed by atoms with van der Waals surface area (Å²) in [6, 6.07) is 19.4. The molecule has 301 valence electrons. The second-order valence-corrected chi connectivity index (χ2v) is 12.6. The fourth-order valence-electron chi connectivity index (χ4n) is 5.40. The Labute approximate surface area is 344 Å². The van der Waals surface area contributed by atoms with E-state index in [0.717, 1.165) is 0 Å². The minimum absolute atomic E-state index is 0. The number of halogens is 2. The van der Waals surface area contributed by atoms with Crippen LogP contribution in [0.4, 0.5) is 0 Å². The monoisotopic (exact) mass is 891 g/mol. The Morgan fingerprint density at radius 2 is 0.407 bits per heavy atom. The fourth-order valence-corrected chi connectivity index (χ4v) is 5.40. The Bertz CT molecular complexity index is 2170. The average Bonchev–Trinajstić information content (AvgIpc) is 3.20. The van der Waals surface area contributed by atoms with Crippen LogP contribution >= 0.6 is 0 Å². The molecule has 0 unspecified atom stereocenters. The molecule has 0 saturated carbocycles. The van der Waals surface area contributed by atoms with E-state index >= 15 is 0 Å². The van der Waals surface area contributed by atoms with E-state index in [1.807, 2.05) is 0 Å². The molecule has 59 heavy (non-hydrogen) atoms. The quantitative estimate of drug-likeness (QED) is 0.102. The van der Waals surface area contributed by atoms with Crippen molar-refractivity contribution >= 4 is 34.7 Å². The van der Waals surface area contributed by atoms with E-state index in [1.54, 1.807) is 110 Å². The zero-order chi connectivity index (χ0) is 42.4. The predicted octanol–water partition coefficient (Wildman–Crippen LogP) is -4.95. The zero-order valence-electron chi connectivity index (χ0n) is 28.8. The van der Waals surface area contributed by atoms with Crippen LogP contribution in [-0.4, -0.2) is 64.6 Å². The number of hydrogen-bond donors (Lipinski definition) is 0. The van der Waals surface area contributed by atoms with Crippen LogP contribution in [0.5, 0.6) is 0 Å². The first-order valence-corrected chi connectivity index (χ1v) is 18.1. The van der Waals surface area contributed by atoms with Crippen molar-refractivity contribution < 1.29 is 104 Å². The van der Waals surface area contributed by atoms with Crippen LogP contribution in [0, 0.1) is 20.5 Å². The van der Waals surface area contributed by atoms with Crippen LogP contribution < -0.4 is 37.3 Å². The topological polar surface area (TPSA) is 364 Å². The molecule has 0 spiro atoms. The average molecular weight is 893 g/mol. The second-order valence-electron chi connectivity index (χ2n) is 11.1. The van der Waals surface area contributed by atoms with Gasteiger partial charge in [-0.05, 0) is 72.8 Å². The third kappa shape index (κ3) is 11.0. The second kappa shape index (κ2) is 19.0. The number of fused-ring (bicyclic) bond motifs is 9. The van der Waals surface area contributed by atoms with E-state index in [-0.39, 0.29) is 17.1 Å². The molecule has 3 aliphatic carbocycles.